The number of ketones is 1. The molecule has 1 aliphatic rings. The summed E-state index contributed by atoms with van der Waals surface area (Å²) in [6, 6.07) is 9.14. The minimum Gasteiger partial charge on any atom is -0.392 e. The summed E-state index contributed by atoms with van der Waals surface area (Å²) in [7, 11) is 0. The number of hydrogen-bond acceptors (Lipinski definition) is 2. The second-order valence-corrected chi connectivity index (χ2v) is 4.01. The molecule has 0 heterocycles. The van der Waals surface area contributed by atoms with Gasteiger partial charge in [0.15, 0.2) is 5.78 Å². The molecule has 0 aromatic heterocycles. The highest BCUT2D eigenvalue weighted by Crippen LogP contribution is 2.38. The van der Waals surface area contributed by atoms with Crippen LogP contribution in [-0.2, 0) is 0 Å². The molecule has 5 radical (unpaired) electrons. The Kier molecular flexibility index (Phi) is 3.95. The number of benzene rings is 1. The van der Waals surface area contributed by atoms with Gasteiger partial charge in [-0.1, -0.05) is 37.3 Å². The van der Waals surface area contributed by atoms with Crippen LogP contribution in [0.2, 0.25) is 0 Å². The molecule has 1 unspecified atom stereocenters. The standard InChI is InChI=1S/C15H15O2/c1-2-14(16)12-9-6-10-13(12)15(17)11-7-4-3-5-8-11/h3-10,14,16H,2H2,1H3. The third kappa shape index (κ3) is 2.58. The number of Topliss-reactive ketones (excluding diaryl/α,β-unsaturated/α-hetero) is 1. The van der Waals surface area contributed by atoms with Crippen LogP contribution in [0.25, 0.3) is 0 Å². The number of aliphatic hydroxyl groups is 1. The fourth-order valence-corrected chi connectivity index (χ4v) is 1.90. The van der Waals surface area contributed by atoms with E-state index in [4.69, 9.17) is 0 Å². The molecule has 17 heavy (non-hydrogen) atoms. The fourth-order valence-electron chi connectivity index (χ4n) is 1.90. The van der Waals surface area contributed by atoms with Gasteiger partial charge in [-0.15, -0.1) is 0 Å². The predicted molar refractivity (Wildman–Crippen MR) is 66.5 cm³/mol. The summed E-state index contributed by atoms with van der Waals surface area (Å²) in [5.74, 6) is 1.30. The summed E-state index contributed by atoms with van der Waals surface area (Å²) in [5.41, 5.74) is 0.656. The van der Waals surface area contributed by atoms with Crippen LogP contribution in [-0.4, -0.2) is 17.0 Å². The molecule has 1 N–H and O–H groups in total. The minimum absolute atomic E-state index is 0.0295. The second-order valence-electron chi connectivity index (χ2n) is 4.01. The summed E-state index contributed by atoms with van der Waals surface area (Å²) in [6.45, 7) is 1.90. The van der Waals surface area contributed by atoms with Gasteiger partial charge in [0, 0.05) is 11.5 Å². The van der Waals surface area contributed by atoms with Crippen molar-refractivity contribution in [2.45, 2.75) is 19.4 Å². The molecule has 87 valence electrons. The van der Waals surface area contributed by atoms with Gasteiger partial charge in [-0.2, -0.15) is 0 Å². The molecule has 0 amide bonds. The van der Waals surface area contributed by atoms with Gasteiger partial charge in [0.2, 0.25) is 0 Å². The van der Waals surface area contributed by atoms with Crippen molar-refractivity contribution in [1.29, 1.82) is 0 Å². The van der Waals surface area contributed by atoms with E-state index < -0.39 is 6.10 Å². The Labute approximate surface area is 103 Å². The molecule has 2 heteroatoms. The van der Waals surface area contributed by atoms with E-state index in [0.717, 1.165) is 5.92 Å². The van der Waals surface area contributed by atoms with Crippen molar-refractivity contribution in [2.24, 2.45) is 0 Å². The van der Waals surface area contributed by atoms with Crippen molar-refractivity contribution in [2.75, 3.05) is 0 Å². The first-order valence-electron chi connectivity index (χ1n) is 5.77. The first-order valence-corrected chi connectivity index (χ1v) is 5.77. The maximum atomic E-state index is 12.2. The van der Waals surface area contributed by atoms with Gasteiger partial charge in [-0.3, -0.25) is 4.79 Å². The van der Waals surface area contributed by atoms with Gasteiger partial charge in [-0.25, -0.2) is 0 Å². The van der Waals surface area contributed by atoms with E-state index in [1.165, 1.54) is 0 Å². The molecule has 1 aromatic rings. The van der Waals surface area contributed by atoms with E-state index in [2.05, 4.69) is 0 Å². The molecule has 0 saturated heterocycles. The lowest BCUT2D eigenvalue weighted by Gasteiger charge is -2.21. The zero-order valence-corrected chi connectivity index (χ0v) is 9.76. The van der Waals surface area contributed by atoms with Crippen LogP contribution in [0, 0.1) is 31.1 Å². The topological polar surface area (TPSA) is 37.3 Å². The number of rotatable bonds is 4. The summed E-state index contributed by atoms with van der Waals surface area (Å²) < 4.78 is 0. The molecule has 2 nitrogen and oxygen atoms in total. The van der Waals surface area contributed by atoms with Crippen molar-refractivity contribution >= 4 is 5.78 Å². The zero-order valence-electron chi connectivity index (χ0n) is 9.76. The monoisotopic (exact) mass is 227 g/mol. The van der Waals surface area contributed by atoms with Gasteiger partial charge < -0.3 is 5.11 Å². The molecule has 0 aliphatic heterocycles. The lowest BCUT2D eigenvalue weighted by atomic mass is 9.84. The van der Waals surface area contributed by atoms with Crippen LogP contribution in [0.1, 0.15) is 23.7 Å². The third-order valence-electron chi connectivity index (χ3n) is 2.88. The highest BCUT2D eigenvalue weighted by atomic mass is 16.3. The quantitative estimate of drug-likeness (QED) is 0.802. The lowest BCUT2D eigenvalue weighted by Crippen LogP contribution is -2.25. The van der Waals surface area contributed by atoms with Crippen molar-refractivity contribution in [1.82, 2.24) is 0 Å². The summed E-state index contributed by atoms with van der Waals surface area (Å²) in [4.78, 5) is 12.2. The number of hydrogen-bond donors (Lipinski definition) is 1. The average molecular weight is 227 g/mol. The van der Waals surface area contributed by atoms with E-state index in [0.29, 0.717) is 17.9 Å². The summed E-state index contributed by atoms with van der Waals surface area (Å²) in [5, 5.41) is 9.84. The van der Waals surface area contributed by atoms with Crippen LogP contribution >= 0.6 is 0 Å². The molecular formula is C15H15O2. The zero-order chi connectivity index (χ0) is 12.3. The maximum Gasteiger partial charge on any atom is 0.171 e. The van der Waals surface area contributed by atoms with Crippen LogP contribution in [0.4, 0.5) is 0 Å². The lowest BCUT2D eigenvalue weighted by molar-refractivity contribution is 0.0998. The third-order valence-corrected chi connectivity index (χ3v) is 2.88. The SMILES string of the molecule is CCC(O)[C]1[CH][CH][CH][C]1C(=O)c1ccccc1. The van der Waals surface area contributed by atoms with Gasteiger partial charge in [-0.05, 0) is 25.7 Å². The average Bonchev–Trinajstić information content (AvgIpc) is 2.87. The highest BCUT2D eigenvalue weighted by molar-refractivity contribution is 6.10. The van der Waals surface area contributed by atoms with Crippen molar-refractivity contribution in [3.05, 3.63) is 67.0 Å². The van der Waals surface area contributed by atoms with Gasteiger partial charge in [0.05, 0.1) is 12.0 Å². The molecule has 0 spiro atoms. The molecule has 1 aliphatic carbocycles. The Morgan fingerprint density at radius 2 is 1.94 bits per heavy atom. The van der Waals surface area contributed by atoms with Crippen LogP contribution in [0.5, 0.6) is 0 Å². The Bertz CT molecular complexity index is 372. The Morgan fingerprint density at radius 3 is 2.59 bits per heavy atom. The summed E-state index contributed by atoms with van der Waals surface area (Å²) in [6.07, 6.45) is 5.44. The van der Waals surface area contributed by atoms with Gasteiger partial charge in [0.25, 0.3) is 0 Å². The van der Waals surface area contributed by atoms with Gasteiger partial charge >= 0.3 is 0 Å². The second kappa shape index (κ2) is 5.46. The predicted octanol–water partition coefficient (Wildman–Crippen LogP) is 2.42. The summed E-state index contributed by atoms with van der Waals surface area (Å²) >= 11 is 0. The van der Waals surface area contributed by atoms with Crippen LogP contribution < -0.4 is 0 Å². The maximum absolute atomic E-state index is 12.2. The van der Waals surface area contributed by atoms with Crippen LogP contribution in [0.15, 0.2) is 30.3 Å². The molecule has 2 rings (SSSR count). The van der Waals surface area contributed by atoms with E-state index in [-0.39, 0.29) is 5.78 Å². The Balaban J connectivity index is 2.14. The molecule has 1 aromatic carbocycles. The Hall–Kier alpha value is -1.15. The number of carbonyl (C=O) groups excluding carboxylic acids is 1. The molecule has 1 fully saturated rings. The first-order chi connectivity index (χ1) is 8.24. The van der Waals surface area contributed by atoms with E-state index in [1.54, 1.807) is 18.6 Å². The van der Waals surface area contributed by atoms with Crippen molar-refractivity contribution < 1.29 is 9.90 Å². The molecular weight excluding hydrogens is 212 g/mol. The number of carbonyl (C=O) groups is 1. The van der Waals surface area contributed by atoms with E-state index in [1.807, 2.05) is 38.0 Å². The van der Waals surface area contributed by atoms with Crippen LogP contribution in [0.3, 0.4) is 0 Å². The molecule has 1 atom stereocenters. The number of aliphatic hydroxyl groups excluding tert-OH is 1. The van der Waals surface area contributed by atoms with Crippen molar-refractivity contribution in [3.63, 3.8) is 0 Å². The Morgan fingerprint density at radius 1 is 1.24 bits per heavy atom. The smallest absolute Gasteiger partial charge is 0.171 e. The first kappa shape index (κ1) is 12.3. The normalized spacial score (nSPS) is 19.4. The largest absolute Gasteiger partial charge is 0.392 e. The molecule has 1 saturated carbocycles. The highest BCUT2D eigenvalue weighted by Gasteiger charge is 2.38. The molecule has 0 bridgehead atoms. The van der Waals surface area contributed by atoms with Gasteiger partial charge in [0.1, 0.15) is 0 Å². The van der Waals surface area contributed by atoms with E-state index >= 15 is 0 Å². The fraction of sp³-hybridized carbons (Fsp3) is 0.200. The minimum atomic E-state index is -0.562. The van der Waals surface area contributed by atoms with E-state index in [9.17, 15) is 9.90 Å². The van der Waals surface area contributed by atoms with Crippen molar-refractivity contribution in [3.8, 4) is 0 Å².